The van der Waals surface area contributed by atoms with E-state index in [9.17, 15) is 20.1 Å². The van der Waals surface area contributed by atoms with Crippen LogP contribution in [0.25, 0.3) is 0 Å². The third kappa shape index (κ3) is 3.27. The summed E-state index contributed by atoms with van der Waals surface area (Å²) in [6.07, 6.45) is 6.00. The molecule has 0 aliphatic heterocycles. The van der Waals surface area contributed by atoms with Gasteiger partial charge in [-0.1, -0.05) is 20.8 Å². The van der Waals surface area contributed by atoms with Crippen molar-refractivity contribution >= 4 is 5.97 Å². The van der Waals surface area contributed by atoms with Gasteiger partial charge in [-0.25, -0.2) is 0 Å². The highest BCUT2D eigenvalue weighted by molar-refractivity contribution is 5.66. The summed E-state index contributed by atoms with van der Waals surface area (Å²) in [6, 6.07) is 0. The van der Waals surface area contributed by atoms with E-state index in [0.717, 1.165) is 44.9 Å². The molecule has 29 heavy (non-hydrogen) atoms. The summed E-state index contributed by atoms with van der Waals surface area (Å²) >= 11 is 0. The number of hydrogen-bond acceptors (Lipinski definition) is 4. The predicted molar refractivity (Wildman–Crippen MR) is 110 cm³/mol. The Balaban J connectivity index is 1.61. The lowest BCUT2D eigenvalue weighted by molar-refractivity contribution is -0.207. The van der Waals surface area contributed by atoms with Crippen molar-refractivity contribution in [3.05, 3.63) is 0 Å². The molecule has 4 N–H and O–H groups in total. The largest absolute Gasteiger partial charge is 0.481 e. The quantitative estimate of drug-likeness (QED) is 0.571. The van der Waals surface area contributed by atoms with Gasteiger partial charge in [0.25, 0.3) is 0 Å². The van der Waals surface area contributed by atoms with Gasteiger partial charge in [-0.2, -0.15) is 0 Å². The Hall–Kier alpha value is -0.650. The van der Waals surface area contributed by atoms with Crippen molar-refractivity contribution in [2.45, 2.75) is 96.9 Å². The number of carbonyl (C=O) groups is 1. The number of fused-ring (bicyclic) bond motifs is 5. The molecule has 4 fully saturated rings. The molecule has 4 aliphatic carbocycles. The Morgan fingerprint density at radius 2 is 1.76 bits per heavy atom. The number of carboxylic acids is 1. The monoisotopic (exact) mass is 408 g/mol. The lowest BCUT2D eigenvalue weighted by Crippen LogP contribution is -2.62. The Morgan fingerprint density at radius 3 is 2.45 bits per heavy atom. The van der Waals surface area contributed by atoms with E-state index in [4.69, 9.17) is 5.11 Å². The zero-order valence-electron chi connectivity index (χ0n) is 18.3. The summed E-state index contributed by atoms with van der Waals surface area (Å²) in [6.45, 7) is 6.72. The summed E-state index contributed by atoms with van der Waals surface area (Å²) < 4.78 is 0. The summed E-state index contributed by atoms with van der Waals surface area (Å²) in [4.78, 5) is 11.1. The van der Waals surface area contributed by atoms with Crippen molar-refractivity contribution < 1.29 is 25.2 Å². The average Bonchev–Trinajstić information content (AvgIpc) is 3.01. The van der Waals surface area contributed by atoms with Crippen LogP contribution in [0.1, 0.15) is 78.6 Å². The summed E-state index contributed by atoms with van der Waals surface area (Å²) in [7, 11) is 0. The molecule has 11 atom stereocenters. The molecule has 0 spiro atoms. The highest BCUT2D eigenvalue weighted by atomic mass is 16.4. The number of rotatable bonds is 4. The second-order valence-corrected chi connectivity index (χ2v) is 11.4. The van der Waals surface area contributed by atoms with Crippen LogP contribution in [0.2, 0.25) is 0 Å². The van der Waals surface area contributed by atoms with Crippen LogP contribution in [-0.4, -0.2) is 44.7 Å². The fourth-order valence-corrected chi connectivity index (χ4v) is 8.68. The maximum atomic E-state index is 11.5. The first-order valence-corrected chi connectivity index (χ1v) is 11.8. The van der Waals surface area contributed by atoms with Gasteiger partial charge in [0.05, 0.1) is 18.3 Å². The Labute approximate surface area is 174 Å². The molecule has 5 nitrogen and oxygen atoms in total. The number of aliphatic carboxylic acids is 1. The van der Waals surface area contributed by atoms with Crippen molar-refractivity contribution in [2.75, 3.05) is 0 Å². The highest BCUT2D eigenvalue weighted by Crippen LogP contribution is 2.68. The third-order valence-electron chi connectivity index (χ3n) is 10.3. The van der Waals surface area contributed by atoms with E-state index < -0.39 is 12.1 Å². The molecule has 0 amide bonds. The molecule has 166 valence electrons. The minimum absolute atomic E-state index is 0.0957. The maximum absolute atomic E-state index is 11.5. The fraction of sp³-hybridized carbons (Fsp3) is 0.958. The molecule has 0 radical (unpaired) electrons. The third-order valence-corrected chi connectivity index (χ3v) is 10.3. The van der Waals surface area contributed by atoms with Crippen LogP contribution in [0.4, 0.5) is 0 Å². The number of aliphatic hydroxyl groups excluding tert-OH is 3. The van der Waals surface area contributed by atoms with Gasteiger partial charge in [-0.15, -0.1) is 0 Å². The number of aliphatic hydroxyl groups is 3. The lowest BCUT2D eigenvalue weighted by Gasteiger charge is -2.63. The van der Waals surface area contributed by atoms with Crippen LogP contribution >= 0.6 is 0 Å². The minimum atomic E-state index is -0.748. The fourth-order valence-electron chi connectivity index (χ4n) is 8.68. The van der Waals surface area contributed by atoms with Gasteiger partial charge in [0.1, 0.15) is 0 Å². The molecule has 0 aromatic carbocycles. The molecule has 5 heteroatoms. The van der Waals surface area contributed by atoms with Crippen LogP contribution in [0.5, 0.6) is 0 Å². The molecule has 0 bridgehead atoms. The van der Waals surface area contributed by atoms with Gasteiger partial charge in [0.2, 0.25) is 0 Å². The Bertz CT molecular complexity index is 637. The number of hydrogen-bond donors (Lipinski definition) is 4. The first-order chi connectivity index (χ1) is 13.6. The van der Waals surface area contributed by atoms with Crippen LogP contribution in [0, 0.1) is 46.3 Å². The van der Waals surface area contributed by atoms with Crippen molar-refractivity contribution in [3.8, 4) is 0 Å². The highest BCUT2D eigenvalue weighted by Gasteiger charge is 2.65. The van der Waals surface area contributed by atoms with Gasteiger partial charge in [0.15, 0.2) is 0 Å². The molecule has 5 unspecified atom stereocenters. The van der Waals surface area contributed by atoms with Gasteiger partial charge in [-0.05, 0) is 97.7 Å². The van der Waals surface area contributed by atoms with Crippen LogP contribution < -0.4 is 0 Å². The minimum Gasteiger partial charge on any atom is -0.481 e. The van der Waals surface area contributed by atoms with Gasteiger partial charge in [-0.3, -0.25) is 4.79 Å². The van der Waals surface area contributed by atoms with Crippen molar-refractivity contribution in [3.63, 3.8) is 0 Å². The van der Waals surface area contributed by atoms with E-state index in [1.807, 2.05) is 0 Å². The Kier molecular flexibility index (Phi) is 5.57. The number of carboxylic acid groups (broad SMARTS) is 1. The van der Waals surface area contributed by atoms with Gasteiger partial charge in [0, 0.05) is 6.42 Å². The van der Waals surface area contributed by atoms with E-state index >= 15 is 0 Å². The maximum Gasteiger partial charge on any atom is 0.303 e. The average molecular weight is 409 g/mol. The molecule has 4 aliphatic rings. The van der Waals surface area contributed by atoms with Crippen molar-refractivity contribution in [1.82, 2.24) is 0 Å². The molecular weight excluding hydrogens is 368 g/mol. The van der Waals surface area contributed by atoms with E-state index in [0.29, 0.717) is 30.1 Å². The summed E-state index contributed by atoms with van der Waals surface area (Å²) in [5.41, 5.74) is -0.143. The molecule has 0 aromatic heterocycles. The second kappa shape index (κ2) is 7.49. The first kappa shape index (κ1) is 21.6. The van der Waals surface area contributed by atoms with Crippen LogP contribution in [-0.2, 0) is 4.79 Å². The van der Waals surface area contributed by atoms with E-state index in [1.54, 1.807) is 0 Å². The lowest BCUT2D eigenvalue weighted by atomic mass is 9.43. The summed E-state index contributed by atoms with van der Waals surface area (Å²) in [5.74, 6) is 0.997. The summed E-state index contributed by atoms with van der Waals surface area (Å²) in [5, 5.41) is 42.0. The zero-order chi connectivity index (χ0) is 21.1. The van der Waals surface area contributed by atoms with E-state index in [2.05, 4.69) is 20.8 Å². The normalized spacial score (nSPS) is 52.9. The zero-order valence-corrected chi connectivity index (χ0v) is 18.3. The molecule has 0 aromatic rings. The topological polar surface area (TPSA) is 98.0 Å². The standard InChI is InChI=1S/C24H40O5/c1-13(4-7-21(28)29)16-5-6-17-22-18(12-20(27)24(16,17)3)23(2)9-8-15(25)10-14(23)11-19(22)26/h13-20,22,25-27H,4-12H2,1-3H3,(H,28,29)/t13-,14?,15+,16?,17?,18?,19+,20-,22?,23-,24+/m0/s1. The first-order valence-electron chi connectivity index (χ1n) is 11.8. The Morgan fingerprint density at radius 1 is 1.03 bits per heavy atom. The molecule has 0 heterocycles. The van der Waals surface area contributed by atoms with Crippen LogP contribution in [0.15, 0.2) is 0 Å². The molecular formula is C24H40O5. The molecule has 4 saturated carbocycles. The van der Waals surface area contributed by atoms with Crippen LogP contribution in [0.3, 0.4) is 0 Å². The van der Waals surface area contributed by atoms with Crippen molar-refractivity contribution in [2.24, 2.45) is 46.3 Å². The molecule has 0 saturated heterocycles. The van der Waals surface area contributed by atoms with Gasteiger partial charge >= 0.3 is 5.97 Å². The van der Waals surface area contributed by atoms with Crippen molar-refractivity contribution in [1.29, 1.82) is 0 Å². The SMILES string of the molecule is C[C@@H](CCC(=O)O)C1CCC2C3C(C[C@H](O)[C@@]21C)[C@@]1(C)CC[C@@H](O)CC1C[C@H]3O. The second-order valence-electron chi connectivity index (χ2n) is 11.4. The predicted octanol–water partition coefficient (Wildman–Crippen LogP) is 3.45. The van der Waals surface area contributed by atoms with Gasteiger partial charge < -0.3 is 20.4 Å². The van der Waals surface area contributed by atoms with E-state index in [-0.39, 0.29) is 41.3 Å². The molecule has 4 rings (SSSR count). The van der Waals surface area contributed by atoms with E-state index in [1.165, 1.54) is 0 Å². The smallest absolute Gasteiger partial charge is 0.303 e.